The van der Waals surface area contributed by atoms with E-state index in [9.17, 15) is 19.7 Å². The van der Waals surface area contributed by atoms with Gasteiger partial charge in [-0.3, -0.25) is 19.7 Å². The van der Waals surface area contributed by atoms with Crippen LogP contribution in [0, 0.1) is 10.1 Å². The van der Waals surface area contributed by atoms with E-state index in [4.69, 9.17) is 5.11 Å². The number of carboxylic acid groups (broad SMARTS) is 1. The van der Waals surface area contributed by atoms with Crippen molar-refractivity contribution in [2.24, 2.45) is 5.73 Å². The molecule has 0 aliphatic carbocycles. The minimum Gasteiger partial charge on any atom is -0.480 e. The monoisotopic (exact) mass is 331 g/mol. The van der Waals surface area contributed by atoms with Gasteiger partial charge in [-0.25, -0.2) is 0 Å². The summed E-state index contributed by atoms with van der Waals surface area (Å²) < 4.78 is 0. The number of nitrogens with one attached hydrogen (secondary N) is 1. The van der Waals surface area contributed by atoms with Crippen LogP contribution >= 0.6 is 0 Å². The first kappa shape index (κ1) is 18.8. The Morgan fingerprint density at radius 1 is 1.21 bits per heavy atom. The summed E-state index contributed by atoms with van der Waals surface area (Å²) >= 11 is 0. The number of non-ortho nitro benzene ring substituents is 1. The molecule has 0 aliphatic rings. The molecule has 2 aromatic rings. The highest BCUT2D eigenvalue weighted by Crippen LogP contribution is 2.24. The Morgan fingerprint density at radius 3 is 2.25 bits per heavy atom. The van der Waals surface area contributed by atoms with Crippen LogP contribution < -0.4 is 11.1 Å². The number of nitro groups is 1. The zero-order valence-corrected chi connectivity index (χ0v) is 12.9. The summed E-state index contributed by atoms with van der Waals surface area (Å²) in [4.78, 5) is 31.9. The summed E-state index contributed by atoms with van der Waals surface area (Å²) in [6, 6.07) is 12.9. The smallest absolute Gasteiger partial charge is 0.317 e. The third-order valence-electron chi connectivity index (χ3n) is 2.94. The number of anilines is 1. The van der Waals surface area contributed by atoms with Gasteiger partial charge in [-0.05, 0) is 6.07 Å². The fourth-order valence-electron chi connectivity index (χ4n) is 1.80. The Labute approximate surface area is 138 Å². The van der Waals surface area contributed by atoms with Crippen molar-refractivity contribution in [2.75, 3.05) is 18.9 Å². The lowest BCUT2D eigenvalue weighted by molar-refractivity contribution is -0.384. The molecule has 0 heterocycles. The van der Waals surface area contributed by atoms with Crippen molar-refractivity contribution < 1.29 is 19.6 Å². The van der Waals surface area contributed by atoms with Crippen LogP contribution in [0.5, 0.6) is 0 Å². The van der Waals surface area contributed by atoms with Crippen molar-refractivity contribution in [3.63, 3.8) is 0 Å². The average molecular weight is 331 g/mol. The Hall–Kier alpha value is -3.26. The first-order valence-electron chi connectivity index (χ1n) is 6.88. The number of aliphatic carboxylic acids is 1. The Kier molecular flexibility index (Phi) is 7.05. The molecule has 0 fully saturated rings. The Bertz CT molecular complexity index is 732. The molecular weight excluding hydrogens is 314 g/mol. The summed E-state index contributed by atoms with van der Waals surface area (Å²) in [7, 11) is 1.67. The number of carbonyl (C=O) groups is 2. The molecule has 24 heavy (non-hydrogen) atoms. The van der Waals surface area contributed by atoms with E-state index >= 15 is 0 Å². The van der Waals surface area contributed by atoms with E-state index in [0.717, 1.165) is 0 Å². The average Bonchev–Trinajstić information content (AvgIpc) is 2.61. The quantitative estimate of drug-likeness (QED) is 0.432. The van der Waals surface area contributed by atoms with Crippen molar-refractivity contribution in [3.05, 3.63) is 69.8 Å². The van der Waals surface area contributed by atoms with E-state index in [0.29, 0.717) is 16.8 Å². The van der Waals surface area contributed by atoms with Gasteiger partial charge in [0.25, 0.3) is 5.69 Å². The predicted octanol–water partition coefficient (Wildman–Crippen LogP) is 1.90. The van der Waals surface area contributed by atoms with Gasteiger partial charge in [0.05, 0.1) is 17.0 Å². The lowest BCUT2D eigenvalue weighted by Gasteiger charge is -2.08. The van der Waals surface area contributed by atoms with E-state index < -0.39 is 10.9 Å². The van der Waals surface area contributed by atoms with Gasteiger partial charge >= 0.3 is 5.97 Å². The number of rotatable bonds is 5. The van der Waals surface area contributed by atoms with Gasteiger partial charge in [0.1, 0.15) is 0 Å². The molecule has 0 aromatic heterocycles. The highest BCUT2D eigenvalue weighted by atomic mass is 16.6. The zero-order valence-electron chi connectivity index (χ0n) is 12.9. The van der Waals surface area contributed by atoms with Gasteiger partial charge in [0.2, 0.25) is 0 Å². The molecular formula is C16H17N3O5. The largest absolute Gasteiger partial charge is 0.480 e. The number of nitrogens with zero attached hydrogens (tertiary/aromatic N) is 1. The molecule has 0 amide bonds. The maximum absolute atomic E-state index is 12.3. The molecule has 0 aliphatic heterocycles. The standard InChI is InChI=1S/C14H12N2O3.C2H5NO2/c1-15-13-8-7-11(16(18)19)9-12(13)14(17)10-5-3-2-4-6-10;3-1-2(4)5/h2-9,15H,1H3;1,3H2,(H,4,5). The number of nitrogens with two attached hydrogens (primary N) is 1. The number of hydrogen-bond donors (Lipinski definition) is 3. The molecule has 0 spiro atoms. The van der Waals surface area contributed by atoms with Crippen LogP contribution in [-0.4, -0.2) is 35.4 Å². The van der Waals surface area contributed by atoms with Crippen LogP contribution in [0.2, 0.25) is 0 Å². The highest BCUT2D eigenvalue weighted by molar-refractivity contribution is 6.12. The third kappa shape index (κ3) is 5.18. The molecule has 126 valence electrons. The van der Waals surface area contributed by atoms with E-state index in [2.05, 4.69) is 11.1 Å². The molecule has 8 heteroatoms. The van der Waals surface area contributed by atoms with Crippen LogP contribution in [0.25, 0.3) is 0 Å². The third-order valence-corrected chi connectivity index (χ3v) is 2.94. The van der Waals surface area contributed by atoms with E-state index in [1.807, 2.05) is 6.07 Å². The maximum Gasteiger partial charge on any atom is 0.317 e. The molecule has 2 rings (SSSR count). The van der Waals surface area contributed by atoms with Crippen molar-refractivity contribution in [3.8, 4) is 0 Å². The Balaban J connectivity index is 0.000000505. The van der Waals surface area contributed by atoms with E-state index in [1.54, 1.807) is 31.3 Å². The molecule has 0 saturated carbocycles. The van der Waals surface area contributed by atoms with Gasteiger partial charge in [-0.15, -0.1) is 0 Å². The van der Waals surface area contributed by atoms with Crippen LogP contribution in [0.3, 0.4) is 0 Å². The SMILES string of the molecule is CNc1ccc([N+](=O)[O-])cc1C(=O)c1ccccc1.NCC(=O)O. The van der Waals surface area contributed by atoms with Gasteiger partial charge in [-0.1, -0.05) is 30.3 Å². The van der Waals surface area contributed by atoms with Crippen LogP contribution in [0.4, 0.5) is 11.4 Å². The number of ketones is 1. The summed E-state index contributed by atoms with van der Waals surface area (Å²) in [6.45, 7) is -0.278. The molecule has 0 unspecified atom stereocenters. The summed E-state index contributed by atoms with van der Waals surface area (Å²) in [5.74, 6) is -1.21. The second kappa shape index (κ2) is 9.01. The Morgan fingerprint density at radius 2 is 1.79 bits per heavy atom. The minimum atomic E-state index is -0.968. The summed E-state index contributed by atoms with van der Waals surface area (Å²) in [6.07, 6.45) is 0. The number of carbonyl (C=O) groups excluding carboxylic acids is 1. The number of carboxylic acids is 1. The molecule has 0 atom stereocenters. The van der Waals surface area contributed by atoms with Crippen molar-refractivity contribution in [1.82, 2.24) is 0 Å². The van der Waals surface area contributed by atoms with Crippen LogP contribution in [0.1, 0.15) is 15.9 Å². The normalized spacial score (nSPS) is 9.42. The van der Waals surface area contributed by atoms with Gasteiger partial charge in [0, 0.05) is 30.4 Å². The lowest BCUT2D eigenvalue weighted by Crippen LogP contribution is -2.10. The lowest BCUT2D eigenvalue weighted by atomic mass is 10.0. The first-order valence-corrected chi connectivity index (χ1v) is 6.88. The van der Waals surface area contributed by atoms with Crippen molar-refractivity contribution in [1.29, 1.82) is 0 Å². The summed E-state index contributed by atoms with van der Waals surface area (Å²) in [5, 5.41) is 21.3. The van der Waals surface area contributed by atoms with Crippen LogP contribution in [-0.2, 0) is 4.79 Å². The molecule has 0 radical (unpaired) electrons. The van der Waals surface area contributed by atoms with E-state index in [-0.39, 0.29) is 18.0 Å². The summed E-state index contributed by atoms with van der Waals surface area (Å²) in [5.41, 5.74) is 5.84. The van der Waals surface area contributed by atoms with Gasteiger partial charge in [0.15, 0.2) is 5.78 Å². The maximum atomic E-state index is 12.3. The molecule has 0 saturated heterocycles. The number of nitro benzene ring substituents is 1. The fourth-order valence-corrected chi connectivity index (χ4v) is 1.80. The molecule has 4 N–H and O–H groups in total. The second-order valence-corrected chi connectivity index (χ2v) is 4.53. The van der Waals surface area contributed by atoms with Crippen molar-refractivity contribution >= 4 is 23.1 Å². The highest BCUT2D eigenvalue weighted by Gasteiger charge is 2.17. The predicted molar refractivity (Wildman–Crippen MR) is 89.2 cm³/mol. The van der Waals surface area contributed by atoms with Crippen LogP contribution in [0.15, 0.2) is 48.5 Å². The van der Waals surface area contributed by atoms with Crippen molar-refractivity contribution in [2.45, 2.75) is 0 Å². The molecule has 0 bridgehead atoms. The fraction of sp³-hybridized carbons (Fsp3) is 0.125. The molecule has 8 nitrogen and oxygen atoms in total. The topological polar surface area (TPSA) is 136 Å². The number of benzene rings is 2. The first-order chi connectivity index (χ1) is 11.4. The zero-order chi connectivity index (χ0) is 18.1. The van der Waals surface area contributed by atoms with Gasteiger partial charge < -0.3 is 16.2 Å². The van der Waals surface area contributed by atoms with E-state index in [1.165, 1.54) is 18.2 Å². The molecule has 2 aromatic carbocycles. The second-order valence-electron chi connectivity index (χ2n) is 4.53. The number of hydrogen-bond acceptors (Lipinski definition) is 6. The minimum absolute atomic E-state index is 0.0988. The van der Waals surface area contributed by atoms with Gasteiger partial charge in [-0.2, -0.15) is 0 Å².